The molecule has 0 amide bonds. The maximum Gasteiger partial charge on any atom is 0.243 e. The summed E-state index contributed by atoms with van der Waals surface area (Å²) in [6, 6.07) is 4.85. The first kappa shape index (κ1) is 13.8. The molecule has 0 radical (unpaired) electrons. The Kier molecular flexibility index (Phi) is 3.96. The molecule has 1 atom stereocenters. The van der Waals surface area contributed by atoms with E-state index in [9.17, 15) is 8.42 Å². The number of nitrogens with two attached hydrogens (primary N) is 1. The molecule has 18 heavy (non-hydrogen) atoms. The summed E-state index contributed by atoms with van der Waals surface area (Å²) >= 11 is 5.98. The van der Waals surface area contributed by atoms with Crippen molar-refractivity contribution in [3.8, 4) is 0 Å². The van der Waals surface area contributed by atoms with Crippen molar-refractivity contribution in [3.05, 3.63) is 28.8 Å². The SMILES string of the molecule is Cc1ccc(S(=O)(=O)N2CCC(CN)C2)cc1Cl. The molecule has 1 aromatic carbocycles. The summed E-state index contributed by atoms with van der Waals surface area (Å²) < 4.78 is 26.3. The van der Waals surface area contributed by atoms with Gasteiger partial charge in [0.25, 0.3) is 0 Å². The summed E-state index contributed by atoms with van der Waals surface area (Å²) in [5.41, 5.74) is 6.45. The van der Waals surface area contributed by atoms with Crippen molar-refractivity contribution >= 4 is 21.6 Å². The zero-order valence-electron chi connectivity index (χ0n) is 10.3. The molecule has 0 aromatic heterocycles. The number of benzene rings is 1. The van der Waals surface area contributed by atoms with Gasteiger partial charge in [-0.1, -0.05) is 17.7 Å². The van der Waals surface area contributed by atoms with Crippen LogP contribution >= 0.6 is 11.6 Å². The average molecular weight is 289 g/mol. The van der Waals surface area contributed by atoms with Crippen LogP contribution in [-0.4, -0.2) is 32.4 Å². The van der Waals surface area contributed by atoms with Crippen molar-refractivity contribution in [2.75, 3.05) is 19.6 Å². The maximum absolute atomic E-state index is 12.4. The van der Waals surface area contributed by atoms with E-state index in [1.54, 1.807) is 12.1 Å². The molecule has 1 aliphatic rings. The highest BCUT2D eigenvalue weighted by molar-refractivity contribution is 7.89. The van der Waals surface area contributed by atoms with Gasteiger partial charge in [0.1, 0.15) is 0 Å². The number of hydrogen-bond acceptors (Lipinski definition) is 3. The van der Waals surface area contributed by atoms with Crippen molar-refractivity contribution in [2.24, 2.45) is 11.7 Å². The minimum absolute atomic E-state index is 0.260. The normalized spacial score (nSPS) is 21.4. The second-order valence-corrected chi connectivity index (χ2v) is 7.01. The first-order valence-corrected chi connectivity index (χ1v) is 7.73. The predicted octanol–water partition coefficient (Wildman–Crippen LogP) is 1.62. The van der Waals surface area contributed by atoms with Gasteiger partial charge in [0, 0.05) is 18.1 Å². The van der Waals surface area contributed by atoms with Crippen molar-refractivity contribution < 1.29 is 8.42 Å². The molecule has 1 heterocycles. The Morgan fingerprint density at radius 1 is 1.50 bits per heavy atom. The Bertz CT molecular complexity index is 545. The maximum atomic E-state index is 12.4. The quantitative estimate of drug-likeness (QED) is 0.919. The Morgan fingerprint density at radius 2 is 2.22 bits per heavy atom. The van der Waals surface area contributed by atoms with Crippen LogP contribution in [0.5, 0.6) is 0 Å². The van der Waals surface area contributed by atoms with Crippen LogP contribution in [0.2, 0.25) is 5.02 Å². The molecule has 2 N–H and O–H groups in total. The monoisotopic (exact) mass is 288 g/mol. The molecule has 0 saturated carbocycles. The molecule has 100 valence electrons. The van der Waals surface area contributed by atoms with Crippen LogP contribution in [0.1, 0.15) is 12.0 Å². The van der Waals surface area contributed by atoms with Crippen LogP contribution in [0.15, 0.2) is 23.1 Å². The van der Waals surface area contributed by atoms with Crippen molar-refractivity contribution in [2.45, 2.75) is 18.2 Å². The fourth-order valence-corrected chi connectivity index (χ4v) is 3.89. The molecule has 4 nitrogen and oxygen atoms in total. The van der Waals surface area contributed by atoms with Crippen molar-refractivity contribution in [3.63, 3.8) is 0 Å². The largest absolute Gasteiger partial charge is 0.330 e. The molecule has 1 aliphatic heterocycles. The van der Waals surface area contributed by atoms with E-state index in [0.717, 1.165) is 12.0 Å². The van der Waals surface area contributed by atoms with Gasteiger partial charge in [-0.05, 0) is 43.5 Å². The highest BCUT2D eigenvalue weighted by Gasteiger charge is 2.31. The number of hydrogen-bond donors (Lipinski definition) is 1. The molecule has 0 spiro atoms. The zero-order chi connectivity index (χ0) is 13.3. The molecular weight excluding hydrogens is 272 g/mol. The van der Waals surface area contributed by atoms with E-state index in [1.807, 2.05) is 6.92 Å². The minimum Gasteiger partial charge on any atom is -0.330 e. The number of aryl methyl sites for hydroxylation is 1. The summed E-state index contributed by atoms with van der Waals surface area (Å²) in [6.07, 6.45) is 0.829. The lowest BCUT2D eigenvalue weighted by atomic mass is 10.1. The Hall–Kier alpha value is -0.620. The van der Waals surface area contributed by atoms with Crippen LogP contribution in [0.4, 0.5) is 0 Å². The van der Waals surface area contributed by atoms with E-state index in [1.165, 1.54) is 10.4 Å². The third-order valence-corrected chi connectivity index (χ3v) is 5.63. The second-order valence-electron chi connectivity index (χ2n) is 4.66. The Labute approximate surface area is 113 Å². The molecule has 1 aromatic rings. The average Bonchev–Trinajstić information content (AvgIpc) is 2.81. The zero-order valence-corrected chi connectivity index (χ0v) is 11.8. The number of sulfonamides is 1. The van der Waals surface area contributed by atoms with Gasteiger partial charge in [0.2, 0.25) is 10.0 Å². The Balaban J connectivity index is 2.28. The van der Waals surface area contributed by atoms with Gasteiger partial charge in [-0.25, -0.2) is 8.42 Å². The smallest absolute Gasteiger partial charge is 0.243 e. The minimum atomic E-state index is -3.43. The highest BCUT2D eigenvalue weighted by Crippen LogP contribution is 2.26. The lowest BCUT2D eigenvalue weighted by molar-refractivity contribution is 0.459. The highest BCUT2D eigenvalue weighted by atomic mass is 35.5. The van der Waals surface area contributed by atoms with E-state index in [2.05, 4.69) is 0 Å². The fraction of sp³-hybridized carbons (Fsp3) is 0.500. The van der Waals surface area contributed by atoms with E-state index in [4.69, 9.17) is 17.3 Å². The lowest BCUT2D eigenvalue weighted by Gasteiger charge is -2.16. The number of nitrogens with zero attached hydrogens (tertiary/aromatic N) is 1. The van der Waals surface area contributed by atoms with E-state index >= 15 is 0 Å². The first-order valence-electron chi connectivity index (χ1n) is 5.91. The van der Waals surface area contributed by atoms with Crippen molar-refractivity contribution in [1.82, 2.24) is 4.31 Å². The molecule has 0 bridgehead atoms. The standard InChI is InChI=1S/C12H17ClN2O2S/c1-9-2-3-11(6-12(9)13)18(16,17)15-5-4-10(7-14)8-15/h2-3,6,10H,4-5,7-8,14H2,1H3. The van der Waals surface area contributed by atoms with Gasteiger partial charge < -0.3 is 5.73 Å². The number of halogens is 1. The van der Waals surface area contributed by atoms with E-state index in [0.29, 0.717) is 24.7 Å². The van der Waals surface area contributed by atoms with Crippen LogP contribution in [0.25, 0.3) is 0 Å². The van der Waals surface area contributed by atoms with E-state index in [-0.39, 0.29) is 10.8 Å². The number of rotatable bonds is 3. The topological polar surface area (TPSA) is 63.4 Å². The van der Waals surface area contributed by atoms with Crippen LogP contribution in [0, 0.1) is 12.8 Å². The molecule has 2 rings (SSSR count). The van der Waals surface area contributed by atoms with Gasteiger partial charge >= 0.3 is 0 Å². The van der Waals surface area contributed by atoms with Crippen molar-refractivity contribution in [1.29, 1.82) is 0 Å². The summed E-state index contributed by atoms with van der Waals surface area (Å²) in [5, 5.41) is 0.477. The van der Waals surface area contributed by atoms with Crippen LogP contribution in [-0.2, 0) is 10.0 Å². The molecular formula is C12H17ClN2O2S. The summed E-state index contributed by atoms with van der Waals surface area (Å²) in [4.78, 5) is 0.260. The molecule has 6 heteroatoms. The molecule has 0 aliphatic carbocycles. The molecule has 1 fully saturated rings. The summed E-state index contributed by atoms with van der Waals surface area (Å²) in [5.74, 6) is 0.265. The van der Waals surface area contributed by atoms with Crippen LogP contribution in [0.3, 0.4) is 0 Å². The second kappa shape index (κ2) is 5.17. The fourth-order valence-electron chi connectivity index (χ4n) is 2.09. The van der Waals surface area contributed by atoms with Gasteiger partial charge in [-0.2, -0.15) is 4.31 Å². The third kappa shape index (κ3) is 2.54. The van der Waals surface area contributed by atoms with Crippen LogP contribution < -0.4 is 5.73 Å². The predicted molar refractivity (Wildman–Crippen MR) is 72.1 cm³/mol. The summed E-state index contributed by atoms with van der Waals surface area (Å²) in [7, 11) is -3.43. The van der Waals surface area contributed by atoms with Gasteiger partial charge in [-0.3, -0.25) is 0 Å². The van der Waals surface area contributed by atoms with Gasteiger partial charge in [0.05, 0.1) is 4.90 Å². The lowest BCUT2D eigenvalue weighted by Crippen LogP contribution is -2.30. The van der Waals surface area contributed by atoms with E-state index < -0.39 is 10.0 Å². The molecule has 1 saturated heterocycles. The first-order chi connectivity index (χ1) is 8.45. The van der Waals surface area contributed by atoms with Gasteiger partial charge in [0.15, 0.2) is 0 Å². The third-order valence-electron chi connectivity index (χ3n) is 3.36. The molecule has 1 unspecified atom stereocenters. The van der Waals surface area contributed by atoms with Gasteiger partial charge in [-0.15, -0.1) is 0 Å². The Morgan fingerprint density at radius 3 is 2.78 bits per heavy atom. The summed E-state index contributed by atoms with van der Waals surface area (Å²) in [6.45, 7) is 3.42.